The molecule has 0 fully saturated rings. The summed E-state index contributed by atoms with van der Waals surface area (Å²) >= 11 is 5.79. The molecule has 190 valence electrons. The maximum Gasteiger partial charge on any atom is 0.261 e. The van der Waals surface area contributed by atoms with Gasteiger partial charge in [0.15, 0.2) is 5.78 Å². The highest BCUT2D eigenvalue weighted by Crippen LogP contribution is 2.42. The number of hydrogen-bond donors (Lipinski definition) is 2. The fourth-order valence-electron chi connectivity index (χ4n) is 4.26. The van der Waals surface area contributed by atoms with Crippen LogP contribution >= 0.6 is 11.6 Å². The highest BCUT2D eigenvalue weighted by Gasteiger charge is 2.30. The number of halogens is 2. The van der Waals surface area contributed by atoms with Gasteiger partial charge in [0.2, 0.25) is 0 Å². The summed E-state index contributed by atoms with van der Waals surface area (Å²) in [5.74, 6) is -0.603. The van der Waals surface area contributed by atoms with Gasteiger partial charge in [0, 0.05) is 35.8 Å². The first kappa shape index (κ1) is 26.1. The molecule has 4 rings (SSSR count). The fourth-order valence-corrected chi connectivity index (χ4v) is 5.52. The minimum atomic E-state index is -3.95. The van der Waals surface area contributed by atoms with Gasteiger partial charge in [0.25, 0.3) is 10.0 Å². The van der Waals surface area contributed by atoms with Crippen molar-refractivity contribution in [2.24, 2.45) is 5.92 Å². The standard InChI is InChI=1S/C27H28ClFN2O4S/c1-4-35-26-15-25(17-5-7-18(8-6-17)27(32)16(2)3)30-24-12-10-20(14-21(24)26)36(33,34)31-19-9-11-23(29)22(28)13-19/h5-14,16,25-26,30-31H,4,15H2,1-3H3/t25?,26-/m0/s1. The summed E-state index contributed by atoms with van der Waals surface area (Å²) in [4.78, 5) is 12.3. The van der Waals surface area contributed by atoms with Crippen molar-refractivity contribution < 1.29 is 22.3 Å². The van der Waals surface area contributed by atoms with Crippen LogP contribution in [-0.4, -0.2) is 20.8 Å². The molecule has 1 aliphatic heterocycles. The van der Waals surface area contributed by atoms with Crippen LogP contribution in [0.3, 0.4) is 0 Å². The van der Waals surface area contributed by atoms with E-state index in [9.17, 15) is 17.6 Å². The van der Waals surface area contributed by atoms with Gasteiger partial charge < -0.3 is 10.1 Å². The van der Waals surface area contributed by atoms with Crippen molar-refractivity contribution in [1.82, 2.24) is 0 Å². The van der Waals surface area contributed by atoms with E-state index in [0.29, 0.717) is 18.6 Å². The van der Waals surface area contributed by atoms with E-state index in [1.165, 1.54) is 18.2 Å². The summed E-state index contributed by atoms with van der Waals surface area (Å²) in [6.07, 6.45) is 0.256. The van der Waals surface area contributed by atoms with E-state index < -0.39 is 15.8 Å². The maximum atomic E-state index is 13.5. The van der Waals surface area contributed by atoms with Crippen LogP contribution < -0.4 is 10.0 Å². The monoisotopic (exact) mass is 530 g/mol. The van der Waals surface area contributed by atoms with E-state index in [1.807, 2.05) is 45.0 Å². The molecule has 0 bridgehead atoms. The lowest BCUT2D eigenvalue weighted by atomic mass is 9.90. The number of rotatable bonds is 8. The van der Waals surface area contributed by atoms with E-state index in [2.05, 4.69) is 10.0 Å². The van der Waals surface area contributed by atoms with Crippen molar-refractivity contribution >= 4 is 38.8 Å². The minimum Gasteiger partial charge on any atom is -0.378 e. The summed E-state index contributed by atoms with van der Waals surface area (Å²) in [6, 6.07) is 16.0. The van der Waals surface area contributed by atoms with Crippen molar-refractivity contribution in [1.29, 1.82) is 0 Å². The zero-order valence-corrected chi connectivity index (χ0v) is 21.8. The van der Waals surface area contributed by atoms with Gasteiger partial charge in [-0.2, -0.15) is 0 Å². The van der Waals surface area contributed by atoms with Crippen LogP contribution in [0.4, 0.5) is 15.8 Å². The number of fused-ring (bicyclic) bond motifs is 1. The molecule has 1 unspecified atom stereocenters. The molecule has 0 saturated heterocycles. The molecular formula is C27H28ClFN2O4S. The molecule has 6 nitrogen and oxygen atoms in total. The molecule has 0 saturated carbocycles. The van der Waals surface area contributed by atoms with Crippen LogP contribution in [-0.2, 0) is 14.8 Å². The highest BCUT2D eigenvalue weighted by atomic mass is 35.5. The molecule has 0 spiro atoms. The van der Waals surface area contributed by atoms with Gasteiger partial charge in [0.1, 0.15) is 5.82 Å². The second kappa shape index (κ2) is 10.6. The third-order valence-electron chi connectivity index (χ3n) is 6.12. The number of anilines is 2. The first-order valence-electron chi connectivity index (χ1n) is 11.7. The Morgan fingerprint density at radius 2 is 1.86 bits per heavy atom. The molecule has 0 amide bonds. The normalized spacial score (nSPS) is 17.4. The van der Waals surface area contributed by atoms with Crippen molar-refractivity contribution in [3.05, 3.63) is 88.2 Å². The number of sulfonamides is 1. The zero-order chi connectivity index (χ0) is 26.0. The lowest BCUT2D eigenvalue weighted by Gasteiger charge is -2.33. The molecule has 0 aromatic heterocycles. The molecule has 2 N–H and O–H groups in total. The van der Waals surface area contributed by atoms with Gasteiger partial charge in [-0.3, -0.25) is 9.52 Å². The summed E-state index contributed by atoms with van der Waals surface area (Å²) in [5, 5.41) is 3.30. The number of ether oxygens (including phenoxy) is 1. The van der Waals surface area contributed by atoms with Crippen LogP contribution in [0, 0.1) is 11.7 Å². The van der Waals surface area contributed by atoms with Gasteiger partial charge in [-0.1, -0.05) is 49.7 Å². The number of hydrogen-bond acceptors (Lipinski definition) is 5. The topological polar surface area (TPSA) is 84.5 Å². The third kappa shape index (κ3) is 5.56. The molecule has 0 radical (unpaired) electrons. The van der Waals surface area contributed by atoms with E-state index in [1.54, 1.807) is 12.1 Å². The molecule has 9 heteroatoms. The number of ketones is 1. The Labute approximate surface area is 215 Å². The predicted octanol–water partition coefficient (Wildman–Crippen LogP) is 6.75. The largest absolute Gasteiger partial charge is 0.378 e. The average Bonchev–Trinajstić information content (AvgIpc) is 2.85. The Bertz CT molecular complexity index is 1380. The summed E-state index contributed by atoms with van der Waals surface area (Å²) in [7, 11) is -3.95. The van der Waals surface area contributed by atoms with Gasteiger partial charge in [-0.25, -0.2) is 12.8 Å². The molecule has 3 aromatic rings. The molecule has 1 aliphatic rings. The Morgan fingerprint density at radius 3 is 2.50 bits per heavy atom. The molecule has 3 aromatic carbocycles. The van der Waals surface area contributed by atoms with E-state index in [-0.39, 0.29) is 39.5 Å². The number of nitrogens with one attached hydrogen (secondary N) is 2. The highest BCUT2D eigenvalue weighted by molar-refractivity contribution is 7.92. The number of carbonyl (C=O) groups is 1. The lowest BCUT2D eigenvalue weighted by Crippen LogP contribution is -2.24. The van der Waals surface area contributed by atoms with Gasteiger partial charge >= 0.3 is 0 Å². The van der Waals surface area contributed by atoms with Crippen LogP contribution in [0.25, 0.3) is 0 Å². The maximum absolute atomic E-state index is 13.5. The van der Waals surface area contributed by atoms with Gasteiger partial charge in [0.05, 0.1) is 27.8 Å². The van der Waals surface area contributed by atoms with Crippen LogP contribution in [0.1, 0.15) is 60.8 Å². The van der Waals surface area contributed by atoms with Crippen molar-refractivity contribution in [2.45, 2.75) is 44.2 Å². The number of Topliss-reactive ketones (excluding diaryl/α,β-unsaturated/α-hetero) is 1. The summed E-state index contributed by atoms with van der Waals surface area (Å²) < 4.78 is 48.0. The minimum absolute atomic E-state index is 0.0585. The second-order valence-corrected chi connectivity index (χ2v) is 11.1. The molecular weight excluding hydrogens is 503 g/mol. The quantitative estimate of drug-likeness (QED) is 0.314. The smallest absolute Gasteiger partial charge is 0.261 e. The number of benzene rings is 3. The van der Waals surface area contributed by atoms with E-state index in [4.69, 9.17) is 16.3 Å². The lowest BCUT2D eigenvalue weighted by molar-refractivity contribution is 0.0497. The van der Waals surface area contributed by atoms with Crippen LogP contribution in [0.2, 0.25) is 5.02 Å². The zero-order valence-electron chi connectivity index (χ0n) is 20.2. The molecule has 36 heavy (non-hydrogen) atoms. The van der Waals surface area contributed by atoms with E-state index in [0.717, 1.165) is 22.9 Å². The Kier molecular flexibility index (Phi) is 7.68. The van der Waals surface area contributed by atoms with E-state index >= 15 is 0 Å². The third-order valence-corrected chi connectivity index (χ3v) is 7.79. The summed E-state index contributed by atoms with van der Waals surface area (Å²) in [6.45, 7) is 6.11. The van der Waals surface area contributed by atoms with Gasteiger partial charge in [-0.05, 0) is 48.9 Å². The number of carbonyl (C=O) groups excluding carboxylic acids is 1. The average molecular weight is 531 g/mol. The Morgan fingerprint density at radius 1 is 1.14 bits per heavy atom. The first-order chi connectivity index (χ1) is 17.1. The predicted molar refractivity (Wildman–Crippen MR) is 140 cm³/mol. The van der Waals surface area contributed by atoms with Crippen LogP contribution in [0.5, 0.6) is 0 Å². The molecule has 1 heterocycles. The summed E-state index contributed by atoms with van der Waals surface area (Å²) in [5.41, 5.74) is 3.36. The van der Waals surface area contributed by atoms with Crippen molar-refractivity contribution in [3.8, 4) is 0 Å². The van der Waals surface area contributed by atoms with Crippen molar-refractivity contribution in [3.63, 3.8) is 0 Å². The molecule has 2 atom stereocenters. The SMILES string of the molecule is CCO[C@H]1CC(c2ccc(C(=O)C(C)C)cc2)Nc2ccc(S(=O)(=O)Nc3ccc(F)c(Cl)c3)cc21. The fraction of sp³-hybridized carbons (Fsp3) is 0.296. The van der Waals surface area contributed by atoms with Gasteiger partial charge in [-0.15, -0.1) is 0 Å². The second-order valence-electron chi connectivity index (χ2n) is 9.00. The van der Waals surface area contributed by atoms with Crippen LogP contribution in [0.15, 0.2) is 65.6 Å². The molecule has 0 aliphatic carbocycles. The van der Waals surface area contributed by atoms with Crippen molar-refractivity contribution in [2.75, 3.05) is 16.6 Å². The Hall–Kier alpha value is -2.94. The first-order valence-corrected chi connectivity index (χ1v) is 13.6. The Balaban J connectivity index is 1.60.